The van der Waals surface area contributed by atoms with Gasteiger partial charge in [0.05, 0.1) is 0 Å². The summed E-state index contributed by atoms with van der Waals surface area (Å²) in [6.07, 6.45) is 1.05. The molecule has 1 amide bonds. The zero-order valence-electron chi connectivity index (χ0n) is 19.4. The Hall–Kier alpha value is -3.41. The molecule has 4 rings (SSSR count). The molecule has 11 heteroatoms. The van der Waals surface area contributed by atoms with Crippen LogP contribution < -0.4 is 5.32 Å². The van der Waals surface area contributed by atoms with E-state index in [0.29, 0.717) is 24.4 Å². The Balaban J connectivity index is 0.000000292. The van der Waals surface area contributed by atoms with Crippen LogP contribution in [-0.4, -0.2) is 93.3 Å². The molecule has 2 heterocycles. The molecule has 0 saturated carbocycles. The van der Waals surface area contributed by atoms with Crippen molar-refractivity contribution < 1.29 is 39.5 Å². The monoisotopic (exact) mass is 489 g/mol. The average Bonchev–Trinajstić information content (AvgIpc) is 3.25. The number of benzene rings is 1. The van der Waals surface area contributed by atoms with Gasteiger partial charge in [-0.2, -0.15) is 0 Å². The molecule has 1 aliphatic heterocycles. The molecule has 2 unspecified atom stereocenters. The smallest absolute Gasteiger partial charge is 0.407 e. The third kappa shape index (κ3) is 5.99. The molecule has 0 spiro atoms. The summed E-state index contributed by atoms with van der Waals surface area (Å²) in [4.78, 5) is 37.1. The normalized spacial score (nSPS) is 22.7. The number of piperidine rings is 1. The Morgan fingerprint density at radius 1 is 1.26 bits per heavy atom. The number of aromatic nitrogens is 1. The van der Waals surface area contributed by atoms with Crippen molar-refractivity contribution in [3.05, 3.63) is 48.2 Å². The van der Waals surface area contributed by atoms with Gasteiger partial charge in [-0.25, -0.2) is 14.4 Å². The van der Waals surface area contributed by atoms with Gasteiger partial charge < -0.3 is 40.4 Å². The Morgan fingerprint density at radius 2 is 1.94 bits per heavy atom. The Bertz CT molecular complexity index is 1070. The minimum absolute atomic E-state index is 0.249. The van der Waals surface area contributed by atoms with Crippen LogP contribution in [0.25, 0.3) is 10.9 Å². The SMILES string of the molecule is C=CCOC(=O)NC[C@@H]1C[C@@H]2c3cccc4[nH]cc(c34)C[C@H]2N(C)C1.O=C(O)C(O)C(O)C(=O)O. The standard InChI is InChI=1S/C20H25N3O2.C4H6O6/c1-3-7-25-20(24)22-10-13-8-16-15-5-4-6-17-19(15)14(11-21-17)9-18(16)23(2)12-13;5-1(3(7)8)2(6)4(9)10/h3-6,11,13,16,18,21H,1,7-10,12H2,2H3,(H,22,24);1-2,5-6H,(H,7,8)(H,9,10)/t13-,16+,18+;/m0./s1. The number of aliphatic carboxylic acids is 2. The molecular formula is C24H31N3O8. The first-order chi connectivity index (χ1) is 16.6. The van der Waals surface area contributed by atoms with Crippen molar-refractivity contribution in [2.24, 2.45) is 5.92 Å². The molecule has 190 valence electrons. The van der Waals surface area contributed by atoms with Crippen LogP contribution in [0.3, 0.4) is 0 Å². The number of aliphatic hydroxyl groups excluding tert-OH is 2. The molecule has 5 atom stereocenters. The number of carboxylic acids is 2. The number of aliphatic hydroxyl groups is 2. The second-order valence-electron chi connectivity index (χ2n) is 8.84. The van der Waals surface area contributed by atoms with Crippen LogP contribution >= 0.6 is 0 Å². The highest BCUT2D eigenvalue weighted by molar-refractivity contribution is 5.88. The Morgan fingerprint density at radius 3 is 2.57 bits per heavy atom. The van der Waals surface area contributed by atoms with Gasteiger partial charge >= 0.3 is 18.0 Å². The van der Waals surface area contributed by atoms with Gasteiger partial charge in [0.25, 0.3) is 0 Å². The van der Waals surface area contributed by atoms with E-state index in [4.69, 9.17) is 25.2 Å². The molecule has 1 aromatic carbocycles. The van der Waals surface area contributed by atoms with Gasteiger partial charge in [-0.15, -0.1) is 0 Å². The summed E-state index contributed by atoms with van der Waals surface area (Å²) in [5, 5.41) is 36.8. The number of carbonyl (C=O) groups excluding carboxylic acids is 1. The van der Waals surface area contributed by atoms with Gasteiger partial charge in [-0.3, -0.25) is 0 Å². The van der Waals surface area contributed by atoms with Crippen molar-refractivity contribution in [3.63, 3.8) is 0 Å². The molecule has 1 fully saturated rings. The molecule has 35 heavy (non-hydrogen) atoms. The molecule has 1 saturated heterocycles. The van der Waals surface area contributed by atoms with Crippen LogP contribution in [0.4, 0.5) is 4.79 Å². The Kier molecular flexibility index (Phi) is 8.49. The number of carbonyl (C=O) groups is 3. The highest BCUT2D eigenvalue weighted by atomic mass is 16.5. The molecule has 1 aliphatic carbocycles. The number of likely N-dealkylation sites (N-methyl/N-ethyl adjacent to an activating group) is 1. The predicted octanol–water partition coefficient (Wildman–Crippen LogP) is 0.918. The molecule has 11 nitrogen and oxygen atoms in total. The number of hydrogen-bond donors (Lipinski definition) is 6. The number of hydrogen-bond acceptors (Lipinski definition) is 7. The van der Waals surface area contributed by atoms with Gasteiger partial charge in [-0.05, 0) is 43.0 Å². The van der Waals surface area contributed by atoms with Crippen molar-refractivity contribution in [1.82, 2.24) is 15.2 Å². The highest BCUT2D eigenvalue weighted by Gasteiger charge is 2.39. The fraction of sp³-hybridized carbons (Fsp3) is 0.458. The zero-order chi connectivity index (χ0) is 25.7. The van der Waals surface area contributed by atoms with Crippen LogP contribution in [-0.2, 0) is 20.7 Å². The fourth-order valence-corrected chi connectivity index (χ4v) is 4.89. The van der Waals surface area contributed by atoms with Gasteiger partial charge in [0.2, 0.25) is 0 Å². The second-order valence-corrected chi connectivity index (χ2v) is 8.84. The summed E-state index contributed by atoms with van der Waals surface area (Å²) in [7, 11) is 2.21. The van der Waals surface area contributed by atoms with Crippen molar-refractivity contribution in [1.29, 1.82) is 0 Å². The summed E-state index contributed by atoms with van der Waals surface area (Å²) in [5.74, 6) is -2.59. The number of carboxylic acid groups (broad SMARTS) is 2. The maximum Gasteiger partial charge on any atom is 0.407 e. The summed E-state index contributed by atoms with van der Waals surface area (Å²) >= 11 is 0. The molecule has 6 N–H and O–H groups in total. The number of alkyl carbamates (subject to hydrolysis) is 1. The lowest BCUT2D eigenvalue weighted by atomic mass is 9.72. The first-order valence-electron chi connectivity index (χ1n) is 11.3. The summed E-state index contributed by atoms with van der Waals surface area (Å²) in [6.45, 7) is 5.46. The van der Waals surface area contributed by atoms with Gasteiger partial charge in [0.15, 0.2) is 12.2 Å². The van der Waals surface area contributed by atoms with E-state index in [1.807, 2.05) is 0 Å². The van der Waals surface area contributed by atoms with Gasteiger partial charge in [0, 0.05) is 42.1 Å². The first kappa shape index (κ1) is 26.2. The first-order valence-corrected chi connectivity index (χ1v) is 11.3. The number of H-pyrrole nitrogens is 1. The van der Waals surface area contributed by atoms with Crippen LogP contribution in [0.15, 0.2) is 37.1 Å². The van der Waals surface area contributed by atoms with Crippen molar-refractivity contribution >= 4 is 28.9 Å². The zero-order valence-corrected chi connectivity index (χ0v) is 19.4. The van der Waals surface area contributed by atoms with Gasteiger partial charge in [-0.1, -0.05) is 24.8 Å². The van der Waals surface area contributed by atoms with E-state index in [0.717, 1.165) is 19.4 Å². The number of fused-ring (bicyclic) bond motifs is 2. The third-order valence-electron chi connectivity index (χ3n) is 6.48. The molecule has 0 bridgehead atoms. The minimum atomic E-state index is -2.27. The molecule has 2 aromatic rings. The van der Waals surface area contributed by atoms with Crippen molar-refractivity contribution in [3.8, 4) is 0 Å². The molecule has 2 aliphatic rings. The maximum atomic E-state index is 11.7. The summed E-state index contributed by atoms with van der Waals surface area (Å²) in [6, 6.07) is 7.12. The van der Waals surface area contributed by atoms with Gasteiger partial charge in [0.1, 0.15) is 6.61 Å². The van der Waals surface area contributed by atoms with Crippen LogP contribution in [0.2, 0.25) is 0 Å². The van der Waals surface area contributed by atoms with Crippen LogP contribution in [0.5, 0.6) is 0 Å². The third-order valence-corrected chi connectivity index (χ3v) is 6.48. The maximum absolute atomic E-state index is 11.7. The molecular weight excluding hydrogens is 458 g/mol. The molecule has 1 aromatic heterocycles. The summed E-state index contributed by atoms with van der Waals surface area (Å²) in [5.41, 5.74) is 4.13. The van der Waals surface area contributed by atoms with E-state index in [9.17, 15) is 14.4 Å². The molecule has 0 radical (unpaired) electrons. The quantitative estimate of drug-likeness (QED) is 0.309. The fourth-order valence-electron chi connectivity index (χ4n) is 4.89. The topological polar surface area (TPSA) is 172 Å². The van der Waals surface area contributed by atoms with E-state index in [1.165, 1.54) is 22.0 Å². The van der Waals surface area contributed by atoms with Crippen LogP contribution in [0.1, 0.15) is 23.5 Å². The number of ether oxygens (including phenoxy) is 1. The average molecular weight is 490 g/mol. The number of rotatable bonds is 7. The predicted molar refractivity (Wildman–Crippen MR) is 126 cm³/mol. The Labute approximate surface area is 202 Å². The van der Waals surface area contributed by atoms with E-state index in [1.54, 1.807) is 6.08 Å². The van der Waals surface area contributed by atoms with E-state index in [2.05, 4.69) is 53.2 Å². The van der Waals surface area contributed by atoms with E-state index in [-0.39, 0.29) is 12.7 Å². The van der Waals surface area contributed by atoms with E-state index >= 15 is 0 Å². The highest BCUT2D eigenvalue weighted by Crippen LogP contribution is 2.44. The number of amides is 1. The minimum Gasteiger partial charge on any atom is -0.479 e. The summed E-state index contributed by atoms with van der Waals surface area (Å²) < 4.78 is 5.01. The lowest BCUT2D eigenvalue weighted by Crippen LogP contribution is -2.50. The van der Waals surface area contributed by atoms with Crippen molar-refractivity contribution in [2.45, 2.75) is 37.0 Å². The van der Waals surface area contributed by atoms with E-state index < -0.39 is 24.1 Å². The lowest BCUT2D eigenvalue weighted by molar-refractivity contribution is -0.165. The van der Waals surface area contributed by atoms with Crippen molar-refractivity contribution in [2.75, 3.05) is 26.7 Å². The number of likely N-dealkylation sites (tertiary alicyclic amines) is 1. The largest absolute Gasteiger partial charge is 0.479 e. The second kappa shape index (κ2) is 11.3. The number of nitrogens with one attached hydrogen (secondary N) is 2. The lowest BCUT2D eigenvalue weighted by Gasteiger charge is -2.45. The number of aromatic amines is 1. The van der Waals surface area contributed by atoms with Crippen LogP contribution in [0, 0.1) is 5.92 Å². The number of nitrogens with zero attached hydrogens (tertiary/aromatic N) is 1.